The van der Waals surface area contributed by atoms with Crippen LogP contribution >= 0.6 is 0 Å². The third-order valence-electron chi connectivity index (χ3n) is 5.63. The van der Waals surface area contributed by atoms with Crippen molar-refractivity contribution in [2.45, 2.75) is 37.4 Å². The summed E-state index contributed by atoms with van der Waals surface area (Å²) in [4.78, 5) is 72.8. The summed E-state index contributed by atoms with van der Waals surface area (Å²) in [5.41, 5.74) is -1.70. The van der Waals surface area contributed by atoms with Gasteiger partial charge in [-0.1, -0.05) is 6.08 Å². The summed E-state index contributed by atoms with van der Waals surface area (Å²) < 4.78 is 5.32. The first-order valence-electron chi connectivity index (χ1n) is 10.9. The van der Waals surface area contributed by atoms with Gasteiger partial charge in [0.05, 0.1) is 0 Å². The summed E-state index contributed by atoms with van der Waals surface area (Å²) >= 11 is 0. The number of ether oxygens (including phenoxy) is 1. The van der Waals surface area contributed by atoms with Gasteiger partial charge in [-0.2, -0.15) is 0 Å². The fourth-order valence-corrected chi connectivity index (χ4v) is 3.70. The van der Waals surface area contributed by atoms with E-state index in [0.29, 0.717) is 6.42 Å². The topological polar surface area (TPSA) is 162 Å². The van der Waals surface area contributed by atoms with Crippen molar-refractivity contribution in [3.8, 4) is 0 Å². The Balaban J connectivity index is 1.42. The van der Waals surface area contributed by atoms with Crippen LogP contribution in [0.25, 0.3) is 0 Å². The lowest BCUT2D eigenvalue weighted by atomic mass is 9.87. The fourth-order valence-electron chi connectivity index (χ4n) is 3.70. The highest BCUT2D eigenvalue weighted by Gasteiger charge is 2.37. The highest BCUT2D eigenvalue weighted by atomic mass is 16.6. The van der Waals surface area contributed by atoms with E-state index in [9.17, 15) is 33.9 Å². The number of allylic oxidation sites excluding steroid dienone is 1. The molecule has 2 heterocycles. The molecular formula is C22H26N4O8. The van der Waals surface area contributed by atoms with Crippen LogP contribution < -0.4 is 10.6 Å². The van der Waals surface area contributed by atoms with Gasteiger partial charge < -0.3 is 20.5 Å². The van der Waals surface area contributed by atoms with Crippen LogP contribution in [0.3, 0.4) is 0 Å². The SMILES string of the molecule is O=C(NCCN1C(=O)C=CC1=O)O[C@H]1/C=C/CC[C@@](O)(C(=O)NCCN2C(=O)C=CC2=O)CC1. The summed E-state index contributed by atoms with van der Waals surface area (Å²) in [5, 5.41) is 15.9. The average Bonchev–Trinajstić information content (AvgIpc) is 3.28. The van der Waals surface area contributed by atoms with E-state index < -0.39 is 47.3 Å². The molecule has 0 aromatic heterocycles. The van der Waals surface area contributed by atoms with Crippen LogP contribution in [0.1, 0.15) is 25.7 Å². The molecule has 0 saturated carbocycles. The van der Waals surface area contributed by atoms with E-state index in [1.807, 2.05) is 0 Å². The predicted molar refractivity (Wildman–Crippen MR) is 116 cm³/mol. The maximum absolute atomic E-state index is 12.6. The van der Waals surface area contributed by atoms with Gasteiger partial charge in [0.15, 0.2) is 0 Å². The van der Waals surface area contributed by atoms with Crippen LogP contribution in [0, 0.1) is 0 Å². The number of carbonyl (C=O) groups excluding carboxylic acids is 6. The Morgan fingerprint density at radius 3 is 2.00 bits per heavy atom. The number of nitrogens with one attached hydrogen (secondary N) is 2. The minimum atomic E-state index is -1.70. The predicted octanol–water partition coefficient (Wildman–Crippen LogP) is -1.09. The first-order chi connectivity index (χ1) is 16.2. The van der Waals surface area contributed by atoms with Crippen molar-refractivity contribution in [3.05, 3.63) is 36.5 Å². The van der Waals surface area contributed by atoms with Gasteiger partial charge in [-0.3, -0.25) is 33.8 Å². The molecule has 0 spiro atoms. The fraction of sp³-hybridized carbons (Fsp3) is 0.455. The van der Waals surface area contributed by atoms with Gasteiger partial charge in [0.25, 0.3) is 29.5 Å². The number of aliphatic hydroxyl groups is 1. The molecule has 0 aromatic rings. The van der Waals surface area contributed by atoms with Crippen molar-refractivity contribution in [1.82, 2.24) is 20.4 Å². The third kappa shape index (κ3) is 6.16. The van der Waals surface area contributed by atoms with Crippen molar-refractivity contribution in [3.63, 3.8) is 0 Å². The Morgan fingerprint density at radius 1 is 0.912 bits per heavy atom. The zero-order valence-corrected chi connectivity index (χ0v) is 18.4. The summed E-state index contributed by atoms with van der Waals surface area (Å²) in [6, 6.07) is 0. The Hall–Kier alpha value is -3.80. The molecule has 0 saturated heterocycles. The molecular weight excluding hydrogens is 448 g/mol. The van der Waals surface area contributed by atoms with E-state index in [-0.39, 0.29) is 45.4 Å². The molecule has 0 radical (unpaired) electrons. The zero-order chi connectivity index (χ0) is 24.7. The molecule has 2 aliphatic heterocycles. The number of imide groups is 2. The molecule has 6 amide bonds. The Bertz CT molecular complexity index is 936. The second-order valence-corrected chi connectivity index (χ2v) is 7.99. The van der Waals surface area contributed by atoms with Crippen molar-refractivity contribution in [2.24, 2.45) is 0 Å². The van der Waals surface area contributed by atoms with Crippen LogP contribution in [-0.4, -0.2) is 88.4 Å². The maximum atomic E-state index is 12.6. The van der Waals surface area contributed by atoms with Gasteiger partial charge in [-0.05, 0) is 31.8 Å². The quantitative estimate of drug-likeness (QED) is 0.295. The van der Waals surface area contributed by atoms with Crippen LogP contribution in [0.15, 0.2) is 36.5 Å². The summed E-state index contributed by atoms with van der Waals surface area (Å²) in [7, 11) is 0. The molecule has 3 aliphatic rings. The molecule has 0 unspecified atom stereocenters. The Labute approximate surface area is 195 Å². The van der Waals surface area contributed by atoms with Gasteiger partial charge in [0.1, 0.15) is 11.7 Å². The lowest BCUT2D eigenvalue weighted by Gasteiger charge is -2.29. The van der Waals surface area contributed by atoms with Gasteiger partial charge in [0.2, 0.25) is 0 Å². The number of hydrogen-bond donors (Lipinski definition) is 3. The Kier molecular flexibility index (Phi) is 7.95. The molecule has 182 valence electrons. The highest BCUT2D eigenvalue weighted by molar-refractivity contribution is 6.13. The van der Waals surface area contributed by atoms with E-state index in [2.05, 4.69) is 10.6 Å². The molecule has 12 heteroatoms. The van der Waals surface area contributed by atoms with E-state index in [0.717, 1.165) is 34.1 Å². The average molecular weight is 474 g/mol. The van der Waals surface area contributed by atoms with Gasteiger partial charge in [-0.25, -0.2) is 4.79 Å². The number of hydrogen-bond acceptors (Lipinski definition) is 8. The van der Waals surface area contributed by atoms with Gasteiger partial charge in [0, 0.05) is 50.5 Å². The number of carbonyl (C=O) groups is 6. The standard InChI is InChI=1S/C22H26N4O8/c27-16-4-5-17(28)25(16)13-11-23-20(31)22(33)9-2-1-3-15(8-10-22)34-21(32)24-12-14-26-18(29)6-7-19(26)30/h1,3-7,15,33H,2,8-14H2,(H,23,31)(H,24,32)/b3-1+/t15-,22-/m0/s1. The van der Waals surface area contributed by atoms with E-state index in [1.165, 1.54) is 0 Å². The second kappa shape index (κ2) is 10.9. The molecule has 34 heavy (non-hydrogen) atoms. The monoisotopic (exact) mass is 474 g/mol. The Morgan fingerprint density at radius 2 is 1.44 bits per heavy atom. The lowest BCUT2D eigenvalue weighted by molar-refractivity contribution is -0.143. The van der Waals surface area contributed by atoms with Crippen LogP contribution in [0.5, 0.6) is 0 Å². The summed E-state index contributed by atoms with van der Waals surface area (Å²) in [6.45, 7) is 0.00218. The molecule has 0 bridgehead atoms. The van der Waals surface area contributed by atoms with Crippen LogP contribution in [-0.2, 0) is 28.7 Å². The first kappa shape index (κ1) is 24.8. The van der Waals surface area contributed by atoms with Gasteiger partial charge in [-0.15, -0.1) is 0 Å². The smallest absolute Gasteiger partial charge is 0.407 e. The summed E-state index contributed by atoms with van der Waals surface area (Å²) in [6.07, 6.45) is 7.25. The number of alkyl carbamates (subject to hydrolysis) is 1. The van der Waals surface area contributed by atoms with Crippen molar-refractivity contribution in [2.75, 3.05) is 26.2 Å². The van der Waals surface area contributed by atoms with Crippen molar-refractivity contribution < 1.29 is 38.6 Å². The summed E-state index contributed by atoms with van der Waals surface area (Å²) in [5.74, 6) is -2.44. The highest BCUT2D eigenvalue weighted by Crippen LogP contribution is 2.25. The molecule has 12 nitrogen and oxygen atoms in total. The number of amides is 6. The largest absolute Gasteiger partial charge is 0.442 e. The normalized spacial score (nSPS) is 25.4. The van der Waals surface area contributed by atoms with Crippen molar-refractivity contribution >= 4 is 35.6 Å². The van der Waals surface area contributed by atoms with E-state index >= 15 is 0 Å². The molecule has 0 fully saturated rings. The molecule has 3 N–H and O–H groups in total. The lowest BCUT2D eigenvalue weighted by Crippen LogP contribution is -2.49. The molecule has 1 aliphatic carbocycles. The second-order valence-electron chi connectivity index (χ2n) is 7.99. The number of nitrogens with zero attached hydrogens (tertiary/aromatic N) is 2. The molecule has 0 aromatic carbocycles. The molecule has 3 rings (SSSR count). The van der Waals surface area contributed by atoms with Crippen LogP contribution in [0.4, 0.5) is 4.79 Å². The number of rotatable bonds is 8. The molecule has 2 atom stereocenters. The van der Waals surface area contributed by atoms with Crippen LogP contribution in [0.2, 0.25) is 0 Å². The van der Waals surface area contributed by atoms with E-state index in [4.69, 9.17) is 4.74 Å². The first-order valence-corrected chi connectivity index (χ1v) is 10.9. The zero-order valence-electron chi connectivity index (χ0n) is 18.4. The third-order valence-corrected chi connectivity index (χ3v) is 5.63. The van der Waals surface area contributed by atoms with Crippen molar-refractivity contribution in [1.29, 1.82) is 0 Å². The minimum Gasteiger partial charge on any atom is -0.442 e. The van der Waals surface area contributed by atoms with Gasteiger partial charge >= 0.3 is 6.09 Å². The maximum Gasteiger partial charge on any atom is 0.407 e. The van der Waals surface area contributed by atoms with E-state index in [1.54, 1.807) is 12.2 Å². The minimum absolute atomic E-state index is 0.00395.